The van der Waals surface area contributed by atoms with E-state index in [0.29, 0.717) is 5.92 Å². The van der Waals surface area contributed by atoms with Crippen LogP contribution in [0.1, 0.15) is 54.4 Å². The van der Waals surface area contributed by atoms with Crippen molar-refractivity contribution in [1.82, 2.24) is 15.1 Å². The second-order valence-electron chi connectivity index (χ2n) is 9.31. The molecule has 4 rings (SSSR count). The average molecular weight is 420 g/mol. The molecule has 2 heterocycles. The van der Waals surface area contributed by atoms with E-state index in [1.165, 1.54) is 31.4 Å². The lowest BCUT2D eigenvalue weighted by Gasteiger charge is -2.42. The molecular weight excluding hydrogens is 382 g/mol. The summed E-state index contributed by atoms with van der Waals surface area (Å²) in [6.45, 7) is 5.31. The molecule has 0 spiro atoms. The minimum Gasteiger partial charge on any atom is -0.338 e. The number of benzene rings is 2. The van der Waals surface area contributed by atoms with Crippen molar-refractivity contribution in [3.8, 4) is 0 Å². The van der Waals surface area contributed by atoms with E-state index in [2.05, 4.69) is 52.5 Å². The summed E-state index contributed by atoms with van der Waals surface area (Å²) in [7, 11) is 2.11. The Bertz CT molecular complexity index is 815. The van der Waals surface area contributed by atoms with Gasteiger partial charge < -0.3 is 15.1 Å². The maximum absolute atomic E-state index is 12.8. The molecule has 0 aliphatic carbocycles. The molecule has 2 aromatic rings. The van der Waals surface area contributed by atoms with Crippen LogP contribution in [0.15, 0.2) is 60.7 Å². The molecule has 2 fully saturated rings. The first-order chi connectivity index (χ1) is 15.2. The van der Waals surface area contributed by atoms with Crippen molar-refractivity contribution in [3.05, 3.63) is 71.8 Å². The maximum atomic E-state index is 12.8. The zero-order valence-corrected chi connectivity index (χ0v) is 18.9. The van der Waals surface area contributed by atoms with Crippen LogP contribution in [0.25, 0.3) is 0 Å². The van der Waals surface area contributed by atoms with Gasteiger partial charge in [-0.1, -0.05) is 48.5 Å². The molecule has 1 amide bonds. The van der Waals surface area contributed by atoms with Crippen LogP contribution in [0.3, 0.4) is 0 Å². The molecule has 0 bridgehead atoms. The second kappa shape index (κ2) is 10.4. The van der Waals surface area contributed by atoms with Crippen molar-refractivity contribution in [2.24, 2.45) is 5.92 Å². The average Bonchev–Trinajstić information content (AvgIpc) is 2.85. The molecule has 0 radical (unpaired) electrons. The molecule has 4 heteroatoms. The highest BCUT2D eigenvalue weighted by molar-refractivity contribution is 5.94. The molecule has 166 valence electrons. The number of nitrogens with zero attached hydrogens (tertiary/aromatic N) is 2. The zero-order chi connectivity index (χ0) is 21.5. The van der Waals surface area contributed by atoms with Crippen molar-refractivity contribution in [2.75, 3.05) is 39.8 Å². The minimum absolute atomic E-state index is 0.124. The van der Waals surface area contributed by atoms with Crippen molar-refractivity contribution in [1.29, 1.82) is 0 Å². The fourth-order valence-electron chi connectivity index (χ4n) is 5.45. The number of amides is 1. The Balaban J connectivity index is 1.22. The first kappa shape index (κ1) is 22.0. The highest BCUT2D eigenvalue weighted by atomic mass is 16.2. The number of carbonyl (C=O) groups excluding carboxylic acids is 1. The standard InChI is InChI=1S/C27H37N3O/c1-28-27(25-14-6-3-7-15-25)16-20-29(21-17-27)18-8-10-23-11-9-19-30(22-23)26(31)24-12-4-2-5-13-24/h2-7,12-15,23,28H,8-11,16-22H2,1H3. The van der Waals surface area contributed by atoms with Gasteiger partial charge in [0.2, 0.25) is 0 Å². The molecule has 2 aliphatic rings. The summed E-state index contributed by atoms with van der Waals surface area (Å²) in [5.74, 6) is 0.845. The Hall–Kier alpha value is -2.17. The monoisotopic (exact) mass is 419 g/mol. The molecule has 1 unspecified atom stereocenters. The Kier molecular flexibility index (Phi) is 7.41. The number of hydrogen-bond acceptors (Lipinski definition) is 3. The van der Waals surface area contributed by atoms with E-state index in [9.17, 15) is 4.79 Å². The van der Waals surface area contributed by atoms with E-state index in [1.54, 1.807) is 0 Å². The first-order valence-electron chi connectivity index (χ1n) is 12.0. The molecule has 2 aromatic carbocycles. The molecule has 0 aromatic heterocycles. The number of piperidine rings is 2. The molecule has 1 atom stereocenters. The number of likely N-dealkylation sites (tertiary alicyclic amines) is 2. The largest absolute Gasteiger partial charge is 0.338 e. The van der Waals surface area contributed by atoms with E-state index in [0.717, 1.165) is 51.0 Å². The number of carbonyl (C=O) groups is 1. The smallest absolute Gasteiger partial charge is 0.253 e. The molecule has 2 aliphatic heterocycles. The number of hydrogen-bond donors (Lipinski definition) is 1. The number of rotatable bonds is 7. The zero-order valence-electron chi connectivity index (χ0n) is 18.9. The lowest BCUT2D eigenvalue weighted by molar-refractivity contribution is 0.0662. The molecule has 2 saturated heterocycles. The maximum Gasteiger partial charge on any atom is 0.253 e. The van der Waals surface area contributed by atoms with E-state index in [1.807, 2.05) is 30.3 Å². The Morgan fingerprint density at radius 2 is 1.68 bits per heavy atom. The molecule has 4 nitrogen and oxygen atoms in total. The van der Waals surface area contributed by atoms with Crippen LogP contribution in [0.2, 0.25) is 0 Å². The summed E-state index contributed by atoms with van der Waals surface area (Å²) >= 11 is 0. The highest BCUT2D eigenvalue weighted by Gasteiger charge is 2.34. The van der Waals surface area contributed by atoms with Crippen LogP contribution < -0.4 is 5.32 Å². The molecule has 31 heavy (non-hydrogen) atoms. The molecular formula is C27H37N3O. The van der Waals surface area contributed by atoms with Crippen LogP contribution in [-0.4, -0.2) is 55.5 Å². The van der Waals surface area contributed by atoms with Gasteiger partial charge in [0.25, 0.3) is 5.91 Å². The first-order valence-corrected chi connectivity index (χ1v) is 12.0. The van der Waals surface area contributed by atoms with Gasteiger partial charge in [-0.15, -0.1) is 0 Å². The van der Waals surface area contributed by atoms with E-state index in [4.69, 9.17) is 0 Å². The van der Waals surface area contributed by atoms with E-state index < -0.39 is 0 Å². The Morgan fingerprint density at radius 3 is 2.35 bits per heavy atom. The van der Waals surface area contributed by atoms with Gasteiger partial charge in [-0.2, -0.15) is 0 Å². The predicted molar refractivity (Wildman–Crippen MR) is 127 cm³/mol. The normalized spacial score (nSPS) is 21.7. The molecule has 0 saturated carbocycles. The van der Waals surface area contributed by atoms with E-state index in [-0.39, 0.29) is 11.4 Å². The van der Waals surface area contributed by atoms with Gasteiger partial charge in [-0.3, -0.25) is 4.79 Å². The van der Waals surface area contributed by atoms with Crippen molar-refractivity contribution in [2.45, 2.75) is 44.1 Å². The lowest BCUT2D eigenvalue weighted by atomic mass is 9.81. The summed E-state index contributed by atoms with van der Waals surface area (Å²) < 4.78 is 0. The van der Waals surface area contributed by atoms with Crippen LogP contribution in [0, 0.1) is 5.92 Å². The fraction of sp³-hybridized carbons (Fsp3) is 0.519. The van der Waals surface area contributed by atoms with E-state index >= 15 is 0 Å². The van der Waals surface area contributed by atoms with Crippen molar-refractivity contribution in [3.63, 3.8) is 0 Å². The van der Waals surface area contributed by atoms with Crippen LogP contribution in [-0.2, 0) is 5.54 Å². The summed E-state index contributed by atoms with van der Waals surface area (Å²) in [5, 5.41) is 3.63. The van der Waals surface area contributed by atoms with Crippen molar-refractivity contribution < 1.29 is 4.79 Å². The van der Waals surface area contributed by atoms with Gasteiger partial charge in [0.1, 0.15) is 0 Å². The quantitative estimate of drug-likeness (QED) is 0.716. The summed E-state index contributed by atoms with van der Waals surface area (Å²) in [5.41, 5.74) is 2.37. The van der Waals surface area contributed by atoms with Gasteiger partial charge in [0.05, 0.1) is 0 Å². The van der Waals surface area contributed by atoms with Gasteiger partial charge in [-0.05, 0) is 75.7 Å². The summed E-state index contributed by atoms with van der Waals surface area (Å²) in [6, 6.07) is 20.7. The van der Waals surface area contributed by atoms with Crippen LogP contribution in [0.4, 0.5) is 0 Å². The molecule has 1 N–H and O–H groups in total. The SMILES string of the molecule is CNC1(c2ccccc2)CCN(CCCC2CCCN(C(=O)c3ccccc3)C2)CC1. The van der Waals surface area contributed by atoms with Gasteiger partial charge in [-0.25, -0.2) is 0 Å². The topological polar surface area (TPSA) is 35.6 Å². The Labute approximate surface area is 187 Å². The van der Waals surface area contributed by atoms with Crippen LogP contribution >= 0.6 is 0 Å². The fourth-order valence-corrected chi connectivity index (χ4v) is 5.45. The third kappa shape index (κ3) is 5.36. The Morgan fingerprint density at radius 1 is 1.00 bits per heavy atom. The van der Waals surface area contributed by atoms with Gasteiger partial charge in [0.15, 0.2) is 0 Å². The second-order valence-corrected chi connectivity index (χ2v) is 9.31. The number of nitrogens with one attached hydrogen (secondary N) is 1. The third-order valence-electron chi connectivity index (χ3n) is 7.43. The highest BCUT2D eigenvalue weighted by Crippen LogP contribution is 2.32. The third-order valence-corrected chi connectivity index (χ3v) is 7.43. The van der Waals surface area contributed by atoms with Crippen molar-refractivity contribution >= 4 is 5.91 Å². The summed E-state index contributed by atoms with van der Waals surface area (Å²) in [4.78, 5) is 17.5. The van der Waals surface area contributed by atoms with Gasteiger partial charge in [0, 0.05) is 37.3 Å². The van der Waals surface area contributed by atoms with Gasteiger partial charge >= 0.3 is 0 Å². The lowest BCUT2D eigenvalue weighted by Crippen LogP contribution is -2.50. The predicted octanol–water partition coefficient (Wildman–Crippen LogP) is 4.53. The summed E-state index contributed by atoms with van der Waals surface area (Å²) in [6.07, 6.45) is 7.18. The minimum atomic E-state index is 0.124. The van der Waals surface area contributed by atoms with Crippen LogP contribution in [0.5, 0.6) is 0 Å².